The molecule has 2 aromatic carbocycles. The first-order chi connectivity index (χ1) is 15.4. The van der Waals surface area contributed by atoms with E-state index in [0.717, 1.165) is 5.56 Å². The third-order valence-electron chi connectivity index (χ3n) is 5.23. The standard InChI is InChI=1S/C22H23FN4O3S2/c23-19-9-5-4-8-18(19)21-25-26-22(27(21)12-10-16-6-2-1-3-7-16)31-14-20(28)24-17-11-13-32(29,30)15-17/h1-9,17H,10-15H2,(H,24,28). The molecule has 1 aliphatic rings. The lowest BCUT2D eigenvalue weighted by atomic mass is 10.1. The molecule has 32 heavy (non-hydrogen) atoms. The van der Waals surface area contributed by atoms with Crippen LogP contribution in [0.15, 0.2) is 59.8 Å². The summed E-state index contributed by atoms with van der Waals surface area (Å²) in [5, 5.41) is 11.7. The molecule has 1 aliphatic heterocycles. The molecule has 3 aromatic rings. The van der Waals surface area contributed by atoms with Gasteiger partial charge in [0.25, 0.3) is 0 Å². The molecular formula is C22H23FN4O3S2. The van der Waals surface area contributed by atoms with Gasteiger partial charge in [-0.1, -0.05) is 54.2 Å². The molecule has 1 N–H and O–H groups in total. The van der Waals surface area contributed by atoms with Gasteiger partial charge in [0.05, 0.1) is 22.8 Å². The van der Waals surface area contributed by atoms with Crippen LogP contribution in [0.5, 0.6) is 0 Å². The number of thioether (sulfide) groups is 1. The van der Waals surface area contributed by atoms with Crippen LogP contribution in [0.4, 0.5) is 4.39 Å². The maximum atomic E-state index is 14.4. The number of hydrogen-bond donors (Lipinski definition) is 1. The van der Waals surface area contributed by atoms with Gasteiger partial charge in [-0.3, -0.25) is 4.79 Å². The maximum Gasteiger partial charge on any atom is 0.230 e. The Morgan fingerprint density at radius 2 is 1.88 bits per heavy atom. The van der Waals surface area contributed by atoms with E-state index in [2.05, 4.69) is 15.5 Å². The normalized spacial score (nSPS) is 17.3. The number of amides is 1. The third kappa shape index (κ3) is 5.55. The van der Waals surface area contributed by atoms with Crippen LogP contribution >= 0.6 is 11.8 Å². The molecule has 0 aliphatic carbocycles. The smallest absolute Gasteiger partial charge is 0.230 e. The highest BCUT2D eigenvalue weighted by Crippen LogP contribution is 2.26. The van der Waals surface area contributed by atoms with Crippen molar-refractivity contribution < 1.29 is 17.6 Å². The summed E-state index contributed by atoms with van der Waals surface area (Å²) in [5.74, 6) is -0.0976. The number of halogens is 1. The quantitative estimate of drug-likeness (QED) is 0.505. The van der Waals surface area contributed by atoms with Crippen LogP contribution in [0.25, 0.3) is 11.4 Å². The molecule has 0 saturated carbocycles. The summed E-state index contributed by atoms with van der Waals surface area (Å²) in [6, 6.07) is 15.9. The average Bonchev–Trinajstić information content (AvgIpc) is 3.33. The van der Waals surface area contributed by atoms with E-state index in [4.69, 9.17) is 0 Å². The number of rotatable bonds is 8. The topological polar surface area (TPSA) is 93.9 Å². The van der Waals surface area contributed by atoms with E-state index in [1.54, 1.807) is 18.2 Å². The zero-order valence-corrected chi connectivity index (χ0v) is 18.9. The highest BCUT2D eigenvalue weighted by atomic mass is 32.2. The molecule has 1 unspecified atom stereocenters. The van der Waals surface area contributed by atoms with Crippen LogP contribution in [-0.2, 0) is 27.6 Å². The molecule has 1 atom stereocenters. The lowest BCUT2D eigenvalue weighted by Crippen LogP contribution is -2.36. The Labute approximate surface area is 190 Å². The molecule has 10 heteroatoms. The van der Waals surface area contributed by atoms with Gasteiger partial charge in [0.1, 0.15) is 5.82 Å². The molecule has 1 amide bonds. The van der Waals surface area contributed by atoms with Gasteiger partial charge in [0, 0.05) is 12.6 Å². The second-order valence-electron chi connectivity index (χ2n) is 7.63. The predicted octanol–water partition coefficient (Wildman–Crippen LogP) is 2.72. The van der Waals surface area contributed by atoms with E-state index in [9.17, 15) is 17.6 Å². The number of nitrogens with zero attached hydrogens (tertiary/aromatic N) is 3. The summed E-state index contributed by atoms with van der Waals surface area (Å²) < 4.78 is 39.4. The summed E-state index contributed by atoms with van der Waals surface area (Å²) in [7, 11) is -3.06. The highest BCUT2D eigenvalue weighted by Gasteiger charge is 2.29. The van der Waals surface area contributed by atoms with Crippen LogP contribution in [0.2, 0.25) is 0 Å². The predicted molar refractivity (Wildman–Crippen MR) is 121 cm³/mol. The highest BCUT2D eigenvalue weighted by molar-refractivity contribution is 7.99. The van der Waals surface area contributed by atoms with Crippen LogP contribution in [0.1, 0.15) is 12.0 Å². The minimum atomic E-state index is -3.06. The SMILES string of the molecule is O=C(CSc1nnc(-c2ccccc2F)n1CCc1ccccc1)NC1CCS(=O)(=O)C1. The van der Waals surface area contributed by atoms with Crippen LogP contribution < -0.4 is 5.32 Å². The maximum absolute atomic E-state index is 14.4. The van der Waals surface area contributed by atoms with Crippen LogP contribution in [-0.4, -0.2) is 52.4 Å². The fraction of sp³-hybridized carbons (Fsp3) is 0.318. The molecule has 168 valence electrons. The van der Waals surface area contributed by atoms with Gasteiger partial charge in [-0.15, -0.1) is 10.2 Å². The van der Waals surface area contributed by atoms with Crippen LogP contribution in [0, 0.1) is 5.82 Å². The van der Waals surface area contributed by atoms with Crippen molar-refractivity contribution in [3.8, 4) is 11.4 Å². The number of aromatic nitrogens is 3. The Hall–Kier alpha value is -2.72. The van der Waals surface area contributed by atoms with Crippen molar-refractivity contribution in [2.24, 2.45) is 0 Å². The Balaban J connectivity index is 1.49. The summed E-state index contributed by atoms with van der Waals surface area (Å²) in [4.78, 5) is 12.4. The minimum Gasteiger partial charge on any atom is -0.352 e. The van der Waals surface area contributed by atoms with Gasteiger partial charge in [-0.2, -0.15) is 0 Å². The average molecular weight is 475 g/mol. The fourth-order valence-corrected chi connectivity index (χ4v) is 6.08. The first kappa shape index (κ1) is 22.5. The summed E-state index contributed by atoms with van der Waals surface area (Å²) in [5.41, 5.74) is 1.47. The molecule has 1 fully saturated rings. The van der Waals surface area contributed by atoms with E-state index in [0.29, 0.717) is 35.9 Å². The van der Waals surface area contributed by atoms with Crippen molar-refractivity contribution in [3.05, 3.63) is 66.0 Å². The molecular weight excluding hydrogens is 451 g/mol. The van der Waals surface area contributed by atoms with Crippen molar-refractivity contribution in [2.75, 3.05) is 17.3 Å². The second-order valence-corrected chi connectivity index (χ2v) is 10.8. The van der Waals surface area contributed by atoms with Crippen molar-refractivity contribution in [1.29, 1.82) is 0 Å². The molecule has 2 heterocycles. The monoisotopic (exact) mass is 474 g/mol. The zero-order valence-electron chi connectivity index (χ0n) is 17.3. The summed E-state index contributed by atoms with van der Waals surface area (Å²) >= 11 is 1.20. The summed E-state index contributed by atoms with van der Waals surface area (Å²) in [6.07, 6.45) is 1.13. The lowest BCUT2D eigenvalue weighted by molar-refractivity contribution is -0.119. The van der Waals surface area contributed by atoms with E-state index in [1.165, 1.54) is 17.8 Å². The van der Waals surface area contributed by atoms with Gasteiger partial charge in [-0.25, -0.2) is 12.8 Å². The summed E-state index contributed by atoms with van der Waals surface area (Å²) in [6.45, 7) is 0.519. The number of sulfone groups is 1. The number of hydrogen-bond acceptors (Lipinski definition) is 6. The Bertz CT molecular complexity index is 1200. The lowest BCUT2D eigenvalue weighted by Gasteiger charge is -2.12. The van der Waals surface area contributed by atoms with Gasteiger partial charge >= 0.3 is 0 Å². The second kappa shape index (κ2) is 9.83. The molecule has 0 bridgehead atoms. The zero-order chi connectivity index (χ0) is 22.6. The molecule has 0 spiro atoms. The van der Waals surface area contributed by atoms with E-state index < -0.39 is 15.7 Å². The third-order valence-corrected chi connectivity index (χ3v) is 7.96. The number of aryl methyl sites for hydroxylation is 1. The van der Waals surface area contributed by atoms with Gasteiger partial charge in [0.2, 0.25) is 5.91 Å². The molecule has 1 aromatic heterocycles. The Morgan fingerprint density at radius 3 is 2.59 bits per heavy atom. The fourth-order valence-electron chi connectivity index (χ4n) is 3.63. The first-order valence-electron chi connectivity index (χ1n) is 10.3. The van der Waals surface area contributed by atoms with Gasteiger partial charge in [0.15, 0.2) is 20.8 Å². The van der Waals surface area contributed by atoms with Crippen molar-refractivity contribution in [3.63, 3.8) is 0 Å². The van der Waals surface area contributed by atoms with Crippen LogP contribution in [0.3, 0.4) is 0 Å². The number of carbonyl (C=O) groups is 1. The van der Waals surface area contributed by atoms with Crippen molar-refractivity contribution >= 4 is 27.5 Å². The van der Waals surface area contributed by atoms with E-state index in [-0.39, 0.29) is 29.2 Å². The van der Waals surface area contributed by atoms with Crippen molar-refractivity contribution in [2.45, 2.75) is 30.6 Å². The molecule has 1 saturated heterocycles. The number of benzene rings is 2. The first-order valence-corrected chi connectivity index (χ1v) is 13.1. The van der Waals surface area contributed by atoms with Crippen molar-refractivity contribution in [1.82, 2.24) is 20.1 Å². The number of nitrogens with one attached hydrogen (secondary N) is 1. The molecule has 7 nitrogen and oxygen atoms in total. The Kier molecular flexibility index (Phi) is 6.90. The minimum absolute atomic E-state index is 0.0197. The van der Waals surface area contributed by atoms with E-state index >= 15 is 0 Å². The van der Waals surface area contributed by atoms with E-state index in [1.807, 2.05) is 34.9 Å². The Morgan fingerprint density at radius 1 is 1.12 bits per heavy atom. The largest absolute Gasteiger partial charge is 0.352 e. The van der Waals surface area contributed by atoms with Gasteiger partial charge in [-0.05, 0) is 30.5 Å². The molecule has 4 rings (SSSR count). The molecule has 0 radical (unpaired) electrons. The van der Waals surface area contributed by atoms with Gasteiger partial charge < -0.3 is 9.88 Å². The number of carbonyl (C=O) groups excluding carboxylic acids is 1.